The maximum absolute atomic E-state index is 12.5. The van der Waals surface area contributed by atoms with E-state index in [4.69, 9.17) is 21.7 Å². The van der Waals surface area contributed by atoms with E-state index in [-0.39, 0.29) is 18.3 Å². The fourth-order valence-electron chi connectivity index (χ4n) is 2.27. The van der Waals surface area contributed by atoms with Crippen LogP contribution >= 0.6 is 24.0 Å². The summed E-state index contributed by atoms with van der Waals surface area (Å²) >= 11 is 6.52. The molecule has 8 heteroatoms. The molecule has 0 spiro atoms. The summed E-state index contributed by atoms with van der Waals surface area (Å²) in [4.78, 5) is 25.7. The van der Waals surface area contributed by atoms with E-state index < -0.39 is 0 Å². The Kier molecular flexibility index (Phi) is 6.83. The van der Waals surface area contributed by atoms with Gasteiger partial charge in [0.05, 0.1) is 26.2 Å². The summed E-state index contributed by atoms with van der Waals surface area (Å²) in [6.45, 7) is 0.392. The van der Waals surface area contributed by atoms with E-state index in [1.165, 1.54) is 23.8 Å². The number of benzene rings is 1. The second kappa shape index (κ2) is 8.87. The first-order valence-electron chi connectivity index (χ1n) is 7.54. The number of esters is 1. The molecule has 1 amide bonds. The van der Waals surface area contributed by atoms with Crippen molar-refractivity contribution in [2.24, 2.45) is 0 Å². The third-order valence-corrected chi connectivity index (χ3v) is 4.95. The molecule has 1 fully saturated rings. The number of amides is 1. The lowest BCUT2D eigenvalue weighted by Crippen LogP contribution is -2.29. The summed E-state index contributed by atoms with van der Waals surface area (Å²) < 4.78 is 15.6. The Morgan fingerprint density at radius 2 is 1.96 bits per heavy atom. The summed E-state index contributed by atoms with van der Waals surface area (Å²) in [5, 5.41) is 0. The minimum Gasteiger partial charge on any atom is -0.493 e. The molecule has 1 heterocycles. The number of methoxy groups -OCH3 is 3. The minimum atomic E-state index is -0.300. The molecule has 1 saturated heterocycles. The summed E-state index contributed by atoms with van der Waals surface area (Å²) in [6.07, 6.45) is 2.52. The number of hydrogen-bond donors (Lipinski definition) is 0. The van der Waals surface area contributed by atoms with Crippen molar-refractivity contribution in [3.05, 3.63) is 28.7 Å². The van der Waals surface area contributed by atoms with E-state index in [0.717, 1.165) is 5.56 Å². The van der Waals surface area contributed by atoms with Crippen LogP contribution in [0.5, 0.6) is 11.5 Å². The Hall–Kier alpha value is -2.06. The van der Waals surface area contributed by atoms with Gasteiger partial charge in [0.15, 0.2) is 11.5 Å². The number of thioether (sulfide) groups is 1. The molecule has 0 saturated carbocycles. The molecule has 0 aliphatic carbocycles. The van der Waals surface area contributed by atoms with Crippen molar-refractivity contribution in [1.82, 2.24) is 4.90 Å². The fourth-order valence-corrected chi connectivity index (χ4v) is 3.58. The van der Waals surface area contributed by atoms with E-state index in [1.54, 1.807) is 32.4 Å². The van der Waals surface area contributed by atoms with Gasteiger partial charge in [0.1, 0.15) is 4.32 Å². The van der Waals surface area contributed by atoms with Crippen LogP contribution in [0, 0.1) is 0 Å². The number of carbonyl (C=O) groups excluding carboxylic acids is 2. The van der Waals surface area contributed by atoms with Crippen LogP contribution in [0.1, 0.15) is 18.4 Å². The van der Waals surface area contributed by atoms with Crippen LogP contribution in [0.25, 0.3) is 6.08 Å². The van der Waals surface area contributed by atoms with Crippen molar-refractivity contribution in [2.45, 2.75) is 12.8 Å². The SMILES string of the molecule is COC(=O)CCCN1C(=O)C(=Cc2ccc(OC)c(OC)c2)SC1=S. The summed E-state index contributed by atoms with van der Waals surface area (Å²) in [6, 6.07) is 5.41. The smallest absolute Gasteiger partial charge is 0.305 e. The van der Waals surface area contributed by atoms with Crippen molar-refractivity contribution < 1.29 is 23.8 Å². The standard InChI is InChI=1S/C17H19NO5S2/c1-21-12-7-6-11(9-13(12)22-2)10-14-16(20)18(17(24)25-14)8-4-5-15(19)23-3/h6-7,9-10H,4-5,8H2,1-3H3. The van der Waals surface area contributed by atoms with Crippen molar-refractivity contribution >= 4 is 46.3 Å². The molecule has 6 nitrogen and oxygen atoms in total. The highest BCUT2D eigenvalue weighted by atomic mass is 32.2. The second-order valence-electron chi connectivity index (χ2n) is 5.13. The Balaban J connectivity index is 2.10. The zero-order valence-electron chi connectivity index (χ0n) is 14.2. The first-order chi connectivity index (χ1) is 12.0. The monoisotopic (exact) mass is 381 g/mol. The lowest BCUT2D eigenvalue weighted by atomic mass is 10.2. The highest BCUT2D eigenvalue weighted by Gasteiger charge is 2.31. The van der Waals surface area contributed by atoms with E-state index in [2.05, 4.69) is 4.74 Å². The Labute approximate surface area is 156 Å². The van der Waals surface area contributed by atoms with Crippen LogP contribution in [-0.2, 0) is 14.3 Å². The molecular weight excluding hydrogens is 362 g/mol. The number of hydrogen-bond acceptors (Lipinski definition) is 7. The largest absolute Gasteiger partial charge is 0.493 e. The number of rotatable bonds is 7. The number of nitrogens with zero attached hydrogens (tertiary/aromatic N) is 1. The molecule has 1 aliphatic rings. The van der Waals surface area contributed by atoms with Crippen LogP contribution in [0.15, 0.2) is 23.1 Å². The average Bonchev–Trinajstić information content (AvgIpc) is 2.88. The summed E-state index contributed by atoms with van der Waals surface area (Å²) in [5.74, 6) is 0.751. The van der Waals surface area contributed by atoms with Crippen molar-refractivity contribution in [3.63, 3.8) is 0 Å². The van der Waals surface area contributed by atoms with E-state index in [1.807, 2.05) is 6.07 Å². The van der Waals surface area contributed by atoms with Gasteiger partial charge >= 0.3 is 5.97 Å². The van der Waals surface area contributed by atoms with Gasteiger partial charge in [0.25, 0.3) is 5.91 Å². The van der Waals surface area contributed by atoms with Gasteiger partial charge in [0, 0.05) is 13.0 Å². The number of carbonyl (C=O) groups is 2. The molecular formula is C17H19NO5S2. The fraction of sp³-hybridized carbons (Fsp3) is 0.353. The van der Waals surface area contributed by atoms with Crippen LogP contribution in [0.4, 0.5) is 0 Å². The molecule has 1 aromatic rings. The zero-order valence-corrected chi connectivity index (χ0v) is 15.9. The van der Waals surface area contributed by atoms with Gasteiger partial charge in [-0.2, -0.15) is 0 Å². The molecule has 0 unspecified atom stereocenters. The summed E-state index contributed by atoms with van der Waals surface area (Å²) in [7, 11) is 4.47. The quantitative estimate of drug-likeness (QED) is 0.409. The van der Waals surface area contributed by atoms with E-state index >= 15 is 0 Å². The maximum atomic E-state index is 12.5. The predicted octanol–water partition coefficient (Wildman–Crippen LogP) is 2.86. The Morgan fingerprint density at radius 3 is 2.60 bits per heavy atom. The molecule has 1 aromatic carbocycles. The first-order valence-corrected chi connectivity index (χ1v) is 8.76. The average molecular weight is 381 g/mol. The zero-order chi connectivity index (χ0) is 18.4. The maximum Gasteiger partial charge on any atom is 0.305 e. The van der Waals surface area contributed by atoms with E-state index in [9.17, 15) is 9.59 Å². The number of thiocarbonyl (C=S) groups is 1. The van der Waals surface area contributed by atoms with Gasteiger partial charge in [-0.3, -0.25) is 14.5 Å². The van der Waals surface area contributed by atoms with Gasteiger partial charge in [0.2, 0.25) is 0 Å². The molecule has 134 valence electrons. The normalized spacial score (nSPS) is 15.6. The molecule has 2 rings (SSSR count). The first kappa shape index (κ1) is 19.3. The molecule has 1 aliphatic heterocycles. The van der Waals surface area contributed by atoms with Gasteiger partial charge in [-0.05, 0) is 30.2 Å². The molecule has 0 radical (unpaired) electrons. The van der Waals surface area contributed by atoms with Gasteiger partial charge in [-0.15, -0.1) is 0 Å². The van der Waals surface area contributed by atoms with Gasteiger partial charge < -0.3 is 14.2 Å². The lowest BCUT2D eigenvalue weighted by molar-refractivity contribution is -0.141. The topological polar surface area (TPSA) is 65.1 Å². The molecule has 0 atom stereocenters. The van der Waals surface area contributed by atoms with Gasteiger partial charge in [-0.1, -0.05) is 30.0 Å². The van der Waals surface area contributed by atoms with Gasteiger partial charge in [-0.25, -0.2) is 0 Å². The Bertz CT molecular complexity index is 717. The molecule has 0 N–H and O–H groups in total. The highest BCUT2D eigenvalue weighted by molar-refractivity contribution is 8.26. The minimum absolute atomic E-state index is 0.158. The Morgan fingerprint density at radius 1 is 1.24 bits per heavy atom. The highest BCUT2D eigenvalue weighted by Crippen LogP contribution is 2.34. The second-order valence-corrected chi connectivity index (χ2v) is 6.80. The van der Waals surface area contributed by atoms with Crippen molar-refractivity contribution in [1.29, 1.82) is 0 Å². The predicted molar refractivity (Wildman–Crippen MR) is 101 cm³/mol. The van der Waals surface area contributed by atoms with Crippen LogP contribution in [-0.4, -0.2) is 49.0 Å². The van der Waals surface area contributed by atoms with Crippen molar-refractivity contribution in [2.75, 3.05) is 27.9 Å². The van der Waals surface area contributed by atoms with Crippen LogP contribution in [0.2, 0.25) is 0 Å². The molecule has 0 aromatic heterocycles. The van der Waals surface area contributed by atoms with Crippen LogP contribution in [0.3, 0.4) is 0 Å². The van der Waals surface area contributed by atoms with Crippen LogP contribution < -0.4 is 9.47 Å². The third-order valence-electron chi connectivity index (χ3n) is 3.57. The van der Waals surface area contributed by atoms with E-state index in [0.29, 0.717) is 33.7 Å². The number of ether oxygens (including phenoxy) is 3. The third kappa shape index (κ3) is 4.73. The lowest BCUT2D eigenvalue weighted by Gasteiger charge is -2.13. The molecule has 25 heavy (non-hydrogen) atoms. The van der Waals surface area contributed by atoms with Crippen molar-refractivity contribution in [3.8, 4) is 11.5 Å². The summed E-state index contributed by atoms with van der Waals surface area (Å²) in [5.41, 5.74) is 0.813. The molecule has 0 bridgehead atoms.